The number of thioether (sulfide) groups is 1. The molecule has 1 aliphatic carbocycles. The number of nitrogens with one attached hydrogen (secondary N) is 1. The van der Waals surface area contributed by atoms with E-state index in [9.17, 15) is 4.39 Å². The summed E-state index contributed by atoms with van der Waals surface area (Å²) in [6.45, 7) is 2.05. The van der Waals surface area contributed by atoms with Gasteiger partial charge in [0.15, 0.2) is 0 Å². The van der Waals surface area contributed by atoms with E-state index in [-0.39, 0.29) is 17.3 Å². The first-order valence-electron chi connectivity index (χ1n) is 8.48. The number of rotatable bonds is 3. The zero-order valence-electron chi connectivity index (χ0n) is 13.5. The fourth-order valence-corrected chi connectivity index (χ4v) is 4.99. The maximum absolute atomic E-state index is 13.8. The van der Waals surface area contributed by atoms with E-state index in [4.69, 9.17) is 10.7 Å². The van der Waals surface area contributed by atoms with Crippen LogP contribution in [0.25, 0.3) is 0 Å². The third-order valence-electron chi connectivity index (χ3n) is 5.64. The van der Waals surface area contributed by atoms with Gasteiger partial charge in [0, 0.05) is 18.0 Å². The van der Waals surface area contributed by atoms with Crippen LogP contribution >= 0.6 is 11.8 Å². The zero-order valence-corrected chi connectivity index (χ0v) is 14.3. The number of halogens is 1. The lowest BCUT2D eigenvalue weighted by Gasteiger charge is -2.39. The summed E-state index contributed by atoms with van der Waals surface area (Å²) < 4.78 is 13.8. The first-order valence-corrected chi connectivity index (χ1v) is 9.77. The summed E-state index contributed by atoms with van der Waals surface area (Å²) in [5, 5.41) is 3.96. The lowest BCUT2D eigenvalue weighted by molar-refractivity contribution is 0.114. The van der Waals surface area contributed by atoms with Crippen LogP contribution in [0.1, 0.15) is 32.6 Å². The van der Waals surface area contributed by atoms with Gasteiger partial charge >= 0.3 is 0 Å². The van der Waals surface area contributed by atoms with Crippen LogP contribution in [0.4, 0.5) is 4.39 Å². The minimum Gasteiger partial charge on any atom is -0.322 e. The largest absolute Gasteiger partial charge is 0.322 e. The molecule has 0 saturated heterocycles. The van der Waals surface area contributed by atoms with Gasteiger partial charge in [-0.2, -0.15) is 0 Å². The molecule has 3 aliphatic rings. The van der Waals surface area contributed by atoms with Gasteiger partial charge in [-0.15, -0.1) is 11.8 Å². The maximum atomic E-state index is 13.8. The minimum atomic E-state index is -0.619. The van der Waals surface area contributed by atoms with Crippen molar-refractivity contribution in [2.24, 2.45) is 28.5 Å². The molecule has 3 N–H and O–H groups in total. The Bertz CT molecular complexity index is 442. The van der Waals surface area contributed by atoms with Crippen molar-refractivity contribution in [2.75, 3.05) is 6.26 Å². The maximum Gasteiger partial charge on any atom is 0.103 e. The van der Waals surface area contributed by atoms with Gasteiger partial charge in [0.1, 0.15) is 6.17 Å². The van der Waals surface area contributed by atoms with Crippen LogP contribution in [0.15, 0.2) is 17.1 Å². The van der Waals surface area contributed by atoms with E-state index in [2.05, 4.69) is 29.9 Å². The Labute approximate surface area is 137 Å². The molecule has 5 heteroatoms. The molecule has 0 bridgehead atoms. The predicted octanol–water partition coefficient (Wildman–Crippen LogP) is 2.76. The lowest BCUT2D eigenvalue weighted by atomic mass is 9.73. The van der Waals surface area contributed by atoms with Crippen molar-refractivity contribution < 1.29 is 4.39 Å². The number of nitrogens with zero attached hydrogens (tertiary/aromatic N) is 1. The molecule has 8 unspecified atom stereocenters. The first kappa shape index (κ1) is 16.5. The van der Waals surface area contributed by atoms with E-state index < -0.39 is 6.17 Å². The van der Waals surface area contributed by atoms with Gasteiger partial charge in [0.05, 0.1) is 11.4 Å². The van der Waals surface area contributed by atoms with E-state index in [1.165, 1.54) is 0 Å². The number of alkyl halides is 1. The molecule has 2 aliphatic heterocycles. The average Bonchev–Trinajstić information content (AvgIpc) is 3.00. The van der Waals surface area contributed by atoms with Crippen molar-refractivity contribution in [3.63, 3.8) is 0 Å². The van der Waals surface area contributed by atoms with Gasteiger partial charge < -0.3 is 5.73 Å². The van der Waals surface area contributed by atoms with Crippen molar-refractivity contribution in [1.82, 2.24) is 5.32 Å². The molecule has 0 amide bonds. The Hall–Kier alpha value is -0.390. The Morgan fingerprint density at radius 2 is 2.14 bits per heavy atom. The van der Waals surface area contributed by atoms with Gasteiger partial charge in [0.25, 0.3) is 0 Å². The van der Waals surface area contributed by atoms with E-state index in [0.29, 0.717) is 30.3 Å². The average molecular weight is 325 g/mol. The fourth-order valence-electron chi connectivity index (χ4n) is 4.29. The molecule has 3 rings (SSSR count). The zero-order chi connectivity index (χ0) is 15.7. The molecular formula is C17H28FN3S. The first-order chi connectivity index (χ1) is 10.6. The molecule has 0 spiro atoms. The Kier molecular flexibility index (Phi) is 5.25. The quantitative estimate of drug-likeness (QED) is 0.785. The van der Waals surface area contributed by atoms with Gasteiger partial charge in [-0.3, -0.25) is 10.3 Å². The highest BCUT2D eigenvalue weighted by atomic mass is 32.2. The van der Waals surface area contributed by atoms with Crippen LogP contribution in [-0.2, 0) is 0 Å². The second-order valence-corrected chi connectivity index (χ2v) is 8.08. The van der Waals surface area contributed by atoms with Crippen LogP contribution in [0.3, 0.4) is 0 Å². The second kappa shape index (κ2) is 7.02. The number of hydrogen-bond donors (Lipinski definition) is 2. The fraction of sp³-hybridized carbons (Fsp3) is 0.824. The van der Waals surface area contributed by atoms with Gasteiger partial charge in [-0.05, 0) is 50.0 Å². The Morgan fingerprint density at radius 1 is 1.32 bits per heavy atom. The summed E-state index contributed by atoms with van der Waals surface area (Å²) in [6.07, 6.45) is 11.6. The molecule has 124 valence electrons. The molecular weight excluding hydrogens is 297 g/mol. The summed E-state index contributed by atoms with van der Waals surface area (Å²) in [5.41, 5.74) is 6.12. The number of aliphatic imine (C=N–C) groups is 1. The Morgan fingerprint density at radius 3 is 2.86 bits per heavy atom. The lowest BCUT2D eigenvalue weighted by Crippen LogP contribution is -2.53. The predicted molar refractivity (Wildman–Crippen MR) is 93.1 cm³/mol. The normalized spacial score (nSPS) is 48.7. The molecule has 2 heterocycles. The summed E-state index contributed by atoms with van der Waals surface area (Å²) in [7, 11) is 0. The van der Waals surface area contributed by atoms with Crippen molar-refractivity contribution in [2.45, 2.75) is 62.3 Å². The van der Waals surface area contributed by atoms with Crippen LogP contribution in [0.5, 0.6) is 0 Å². The van der Waals surface area contributed by atoms with Crippen LogP contribution in [0.2, 0.25) is 0 Å². The molecule has 3 nitrogen and oxygen atoms in total. The SMILES string of the molecule is CSC1NC(C2CC=NC2C2CCC(F)C(C)C2)C=CC1N. The highest BCUT2D eigenvalue weighted by Gasteiger charge is 2.40. The highest BCUT2D eigenvalue weighted by molar-refractivity contribution is 7.99. The third kappa shape index (κ3) is 3.26. The van der Waals surface area contributed by atoms with Crippen LogP contribution in [-0.4, -0.2) is 42.1 Å². The summed E-state index contributed by atoms with van der Waals surface area (Å²) in [6, 6.07) is 0.756. The van der Waals surface area contributed by atoms with Crippen LogP contribution in [0, 0.1) is 17.8 Å². The topological polar surface area (TPSA) is 50.4 Å². The van der Waals surface area contributed by atoms with Crippen LogP contribution < -0.4 is 11.1 Å². The number of hydrogen-bond acceptors (Lipinski definition) is 4. The molecule has 0 aromatic heterocycles. The molecule has 0 aromatic rings. The van der Waals surface area contributed by atoms with E-state index >= 15 is 0 Å². The minimum absolute atomic E-state index is 0.0778. The monoisotopic (exact) mass is 325 g/mol. The molecule has 1 saturated carbocycles. The third-order valence-corrected chi connectivity index (χ3v) is 6.60. The molecule has 22 heavy (non-hydrogen) atoms. The van der Waals surface area contributed by atoms with Crippen molar-refractivity contribution in [3.05, 3.63) is 12.2 Å². The van der Waals surface area contributed by atoms with Crippen molar-refractivity contribution in [1.29, 1.82) is 0 Å². The standard InChI is InChI=1S/C17H28FN3S/c1-10-9-11(3-4-13(10)18)16-12(7-8-20-16)15-6-5-14(19)17(21-15)22-2/h5-6,8,10-17,21H,3-4,7,9,19H2,1-2H3. The number of nitrogens with two attached hydrogens (primary N) is 1. The van der Waals surface area contributed by atoms with E-state index in [0.717, 1.165) is 19.3 Å². The highest BCUT2D eigenvalue weighted by Crippen LogP contribution is 2.40. The van der Waals surface area contributed by atoms with E-state index in [1.807, 2.05) is 6.92 Å². The van der Waals surface area contributed by atoms with Gasteiger partial charge in [0.2, 0.25) is 0 Å². The van der Waals surface area contributed by atoms with E-state index in [1.54, 1.807) is 11.8 Å². The van der Waals surface area contributed by atoms with Crippen molar-refractivity contribution in [3.8, 4) is 0 Å². The molecule has 0 radical (unpaired) electrons. The molecule has 0 aromatic carbocycles. The Balaban J connectivity index is 1.68. The van der Waals surface area contributed by atoms with Gasteiger partial charge in [-0.1, -0.05) is 19.1 Å². The smallest absolute Gasteiger partial charge is 0.103 e. The molecule has 8 atom stereocenters. The van der Waals surface area contributed by atoms with Gasteiger partial charge in [-0.25, -0.2) is 4.39 Å². The summed E-state index contributed by atoms with van der Waals surface area (Å²) in [5.74, 6) is 1.20. The second-order valence-electron chi connectivity index (χ2n) is 7.10. The molecule has 1 fully saturated rings. The summed E-state index contributed by atoms with van der Waals surface area (Å²) >= 11 is 1.78. The summed E-state index contributed by atoms with van der Waals surface area (Å²) in [4.78, 5) is 4.79. The van der Waals surface area contributed by atoms with Crippen molar-refractivity contribution >= 4 is 18.0 Å².